The van der Waals surface area contributed by atoms with Crippen molar-refractivity contribution in [2.45, 2.75) is 0 Å². The molecule has 0 aliphatic rings. The van der Waals surface area contributed by atoms with E-state index in [1.165, 1.54) is 65.5 Å². The third-order valence-electron chi connectivity index (χ3n) is 13.0. The first-order chi connectivity index (χ1) is 31.8. The van der Waals surface area contributed by atoms with Crippen LogP contribution in [0.4, 0.5) is 17.1 Å². The Bertz CT molecular complexity index is 3840. The van der Waals surface area contributed by atoms with Gasteiger partial charge in [-0.2, -0.15) is 0 Å². The molecule has 300 valence electrons. The van der Waals surface area contributed by atoms with Crippen molar-refractivity contribution in [2.75, 3.05) is 4.90 Å². The van der Waals surface area contributed by atoms with Gasteiger partial charge < -0.3 is 18.6 Å². The lowest BCUT2D eigenvalue weighted by Gasteiger charge is -2.25. The molecule has 0 atom stereocenters. The van der Waals surface area contributed by atoms with Crippen molar-refractivity contribution in [3.05, 3.63) is 243 Å². The van der Waals surface area contributed by atoms with Crippen LogP contribution in [0.25, 0.3) is 93.6 Å². The van der Waals surface area contributed by atoms with E-state index in [2.05, 4.69) is 261 Å². The molecule has 0 radical (unpaired) electrons. The molecule has 0 N–H and O–H groups in total. The monoisotopic (exact) mass is 816 g/mol. The summed E-state index contributed by atoms with van der Waals surface area (Å²) in [7, 11) is 0. The van der Waals surface area contributed by atoms with Crippen LogP contribution < -0.4 is 4.90 Å². The highest BCUT2D eigenvalue weighted by atomic mass is 15.1. The van der Waals surface area contributed by atoms with Crippen LogP contribution in [0, 0.1) is 0 Å². The molecule has 0 fully saturated rings. The Balaban J connectivity index is 1.04. The summed E-state index contributed by atoms with van der Waals surface area (Å²) in [5.41, 5.74) is 16.2. The third-order valence-corrected chi connectivity index (χ3v) is 13.0. The summed E-state index contributed by atoms with van der Waals surface area (Å²) < 4.78 is 7.30. The van der Waals surface area contributed by atoms with Crippen LogP contribution in [-0.4, -0.2) is 13.7 Å². The molecule has 3 aromatic heterocycles. The molecule has 0 unspecified atom stereocenters. The van der Waals surface area contributed by atoms with Crippen LogP contribution in [0.3, 0.4) is 0 Å². The third kappa shape index (κ3) is 5.56. The molecule has 0 bridgehead atoms. The maximum atomic E-state index is 2.46. The minimum Gasteiger partial charge on any atom is -0.310 e. The van der Waals surface area contributed by atoms with Crippen molar-refractivity contribution in [3.8, 4) is 28.2 Å². The Labute approximate surface area is 370 Å². The van der Waals surface area contributed by atoms with Crippen molar-refractivity contribution >= 4 is 82.5 Å². The van der Waals surface area contributed by atoms with E-state index in [9.17, 15) is 0 Å². The van der Waals surface area contributed by atoms with Gasteiger partial charge in [-0.15, -0.1) is 0 Å². The quantitative estimate of drug-likeness (QED) is 0.157. The first-order valence-electron chi connectivity index (χ1n) is 21.9. The molecule has 10 aromatic carbocycles. The predicted molar refractivity (Wildman–Crippen MR) is 270 cm³/mol. The molecule has 0 saturated carbocycles. The van der Waals surface area contributed by atoms with Crippen LogP contribution in [-0.2, 0) is 0 Å². The lowest BCUT2D eigenvalue weighted by Crippen LogP contribution is -2.09. The number of hydrogen-bond acceptors (Lipinski definition) is 1. The van der Waals surface area contributed by atoms with Crippen LogP contribution in [0.5, 0.6) is 0 Å². The minimum absolute atomic E-state index is 1.10. The van der Waals surface area contributed by atoms with E-state index >= 15 is 0 Å². The molecule has 4 nitrogen and oxygen atoms in total. The highest BCUT2D eigenvalue weighted by Crippen LogP contribution is 2.43. The second-order valence-electron chi connectivity index (χ2n) is 16.6. The van der Waals surface area contributed by atoms with Gasteiger partial charge in [-0.3, -0.25) is 0 Å². The van der Waals surface area contributed by atoms with Crippen LogP contribution in [0.2, 0.25) is 0 Å². The first-order valence-corrected chi connectivity index (χ1v) is 21.9. The second-order valence-corrected chi connectivity index (χ2v) is 16.6. The fourth-order valence-electron chi connectivity index (χ4n) is 10.3. The summed E-state index contributed by atoms with van der Waals surface area (Å²) in [4.78, 5) is 2.34. The molecule has 0 saturated heterocycles. The van der Waals surface area contributed by atoms with Crippen LogP contribution in [0.1, 0.15) is 0 Å². The van der Waals surface area contributed by atoms with Gasteiger partial charge in [0.1, 0.15) is 0 Å². The molecule has 0 spiro atoms. The van der Waals surface area contributed by atoms with Crippen molar-refractivity contribution < 1.29 is 0 Å². The Kier molecular flexibility index (Phi) is 8.18. The van der Waals surface area contributed by atoms with Gasteiger partial charge in [-0.1, -0.05) is 146 Å². The number of aromatic nitrogens is 3. The molecule has 0 amide bonds. The average Bonchev–Trinajstić information content (AvgIpc) is 4.00. The Hall–Kier alpha value is -8.60. The average molecular weight is 817 g/mol. The maximum Gasteiger partial charge on any atom is 0.0561 e. The molecule has 13 rings (SSSR count). The molecular weight excluding hydrogens is 777 g/mol. The topological polar surface area (TPSA) is 18.0 Å². The zero-order chi connectivity index (χ0) is 42.1. The van der Waals surface area contributed by atoms with Crippen molar-refractivity contribution in [3.63, 3.8) is 0 Å². The summed E-state index contributed by atoms with van der Waals surface area (Å²) in [6, 6.07) is 88.1. The lowest BCUT2D eigenvalue weighted by atomic mass is 9.98. The van der Waals surface area contributed by atoms with E-state index in [1.54, 1.807) is 0 Å². The predicted octanol–water partition coefficient (Wildman–Crippen LogP) is 16.1. The van der Waals surface area contributed by atoms with Crippen molar-refractivity contribution in [1.29, 1.82) is 0 Å². The summed E-state index contributed by atoms with van der Waals surface area (Å²) >= 11 is 0. The largest absolute Gasteiger partial charge is 0.310 e. The molecular formula is C60H40N4. The highest BCUT2D eigenvalue weighted by Gasteiger charge is 2.21. The number of fused-ring (bicyclic) bond motifs is 9. The van der Waals surface area contributed by atoms with E-state index < -0.39 is 0 Å². The highest BCUT2D eigenvalue weighted by molar-refractivity contribution is 6.17. The number of anilines is 3. The van der Waals surface area contributed by atoms with Crippen LogP contribution >= 0.6 is 0 Å². The zero-order valence-corrected chi connectivity index (χ0v) is 34.9. The fourth-order valence-corrected chi connectivity index (χ4v) is 10.3. The second kappa shape index (κ2) is 14.5. The zero-order valence-electron chi connectivity index (χ0n) is 34.9. The van der Waals surface area contributed by atoms with Gasteiger partial charge in [0.2, 0.25) is 0 Å². The lowest BCUT2D eigenvalue weighted by molar-refractivity contribution is 1.15. The normalized spacial score (nSPS) is 11.8. The van der Waals surface area contributed by atoms with E-state index in [0.717, 1.165) is 45.2 Å². The number of benzene rings is 10. The van der Waals surface area contributed by atoms with Gasteiger partial charge >= 0.3 is 0 Å². The van der Waals surface area contributed by atoms with Gasteiger partial charge in [0.05, 0.1) is 33.1 Å². The molecule has 0 aliphatic heterocycles. The number of para-hydroxylation sites is 6. The summed E-state index contributed by atoms with van der Waals surface area (Å²) in [5, 5.41) is 7.39. The molecule has 3 heterocycles. The maximum absolute atomic E-state index is 2.46. The minimum atomic E-state index is 1.10. The smallest absolute Gasteiger partial charge is 0.0561 e. The summed E-state index contributed by atoms with van der Waals surface area (Å²) in [5.74, 6) is 0. The molecule has 0 aliphatic carbocycles. The first kappa shape index (κ1) is 36.1. The Morgan fingerprint density at radius 3 is 1.36 bits per heavy atom. The number of nitrogens with zero attached hydrogens (tertiary/aromatic N) is 4. The van der Waals surface area contributed by atoms with Gasteiger partial charge in [0.15, 0.2) is 0 Å². The van der Waals surface area contributed by atoms with E-state index in [1.807, 2.05) is 0 Å². The summed E-state index contributed by atoms with van der Waals surface area (Å²) in [6.07, 6.45) is 0. The SMILES string of the molecule is c1ccc(N(c2ccccc2)c2ccc3c4ccc(-n5c6ccccc6c6ccc(-c7cccc8c7c7ccccc7n8-c7ccccc7)cc65)cc4n(-c4ccccc4)c3c2)cc1. The van der Waals surface area contributed by atoms with E-state index in [-0.39, 0.29) is 0 Å². The van der Waals surface area contributed by atoms with Crippen LogP contribution in [0.15, 0.2) is 243 Å². The number of hydrogen-bond donors (Lipinski definition) is 0. The van der Waals surface area contributed by atoms with E-state index in [0.29, 0.717) is 0 Å². The van der Waals surface area contributed by atoms with Gasteiger partial charge in [0, 0.05) is 66.4 Å². The van der Waals surface area contributed by atoms with Gasteiger partial charge in [-0.05, 0) is 108 Å². The molecule has 13 aromatic rings. The van der Waals surface area contributed by atoms with Crippen molar-refractivity contribution in [2.24, 2.45) is 0 Å². The summed E-state index contributed by atoms with van der Waals surface area (Å²) in [6.45, 7) is 0. The van der Waals surface area contributed by atoms with Gasteiger partial charge in [0.25, 0.3) is 0 Å². The molecule has 64 heavy (non-hydrogen) atoms. The fraction of sp³-hybridized carbons (Fsp3) is 0. The van der Waals surface area contributed by atoms with Crippen molar-refractivity contribution in [1.82, 2.24) is 13.7 Å². The van der Waals surface area contributed by atoms with E-state index in [4.69, 9.17) is 0 Å². The Morgan fingerprint density at radius 1 is 0.250 bits per heavy atom. The molecule has 4 heteroatoms. The standard InChI is InChI=1S/C60H40N4/c1-5-18-42(19-6-1)61(43-20-7-2-8-21-43)46-33-36-51-52-37-34-47(40-59(52)63(58(51)39-46)45-24-11-4-12-25-45)64-54-29-15-13-26-49(54)50-35-32-41(38-57(50)64)48-28-17-31-56-60(48)53-27-14-16-30-55(53)62(56)44-22-9-3-10-23-44/h1-40H. The number of rotatable bonds is 7. The Morgan fingerprint density at radius 2 is 0.703 bits per heavy atom. The van der Waals surface area contributed by atoms with Gasteiger partial charge in [-0.25, -0.2) is 0 Å².